The third kappa shape index (κ3) is 3.76. The predicted octanol–water partition coefficient (Wildman–Crippen LogP) is 2.35. The SMILES string of the molecule is Cc1cc(OCc2ccc(B(O)O)cc2F)cc(C)c1Cl. The summed E-state index contributed by atoms with van der Waals surface area (Å²) in [5, 5.41) is 18.6. The molecule has 0 saturated heterocycles. The van der Waals surface area contributed by atoms with Crippen LogP contribution in [-0.4, -0.2) is 17.2 Å². The number of hydrogen-bond donors (Lipinski definition) is 2. The third-order valence-electron chi connectivity index (χ3n) is 3.18. The lowest BCUT2D eigenvalue weighted by Gasteiger charge is -2.11. The molecule has 110 valence electrons. The first-order chi connectivity index (χ1) is 9.88. The predicted molar refractivity (Wildman–Crippen MR) is 81.5 cm³/mol. The van der Waals surface area contributed by atoms with E-state index in [1.165, 1.54) is 12.1 Å². The van der Waals surface area contributed by atoms with E-state index in [-0.39, 0.29) is 12.1 Å². The van der Waals surface area contributed by atoms with E-state index in [0.717, 1.165) is 17.2 Å². The first-order valence-electron chi connectivity index (χ1n) is 6.42. The van der Waals surface area contributed by atoms with Crippen molar-refractivity contribution in [1.29, 1.82) is 0 Å². The summed E-state index contributed by atoms with van der Waals surface area (Å²) in [4.78, 5) is 0. The van der Waals surface area contributed by atoms with Crippen molar-refractivity contribution in [2.24, 2.45) is 0 Å². The Bertz CT molecular complexity index is 638. The van der Waals surface area contributed by atoms with Gasteiger partial charge in [0.25, 0.3) is 0 Å². The zero-order valence-electron chi connectivity index (χ0n) is 11.7. The molecule has 2 aromatic rings. The van der Waals surface area contributed by atoms with Gasteiger partial charge in [-0.3, -0.25) is 0 Å². The van der Waals surface area contributed by atoms with Crippen LogP contribution in [0.25, 0.3) is 0 Å². The minimum Gasteiger partial charge on any atom is -0.489 e. The van der Waals surface area contributed by atoms with E-state index in [2.05, 4.69) is 0 Å². The molecule has 0 aliphatic carbocycles. The Labute approximate surface area is 128 Å². The molecule has 6 heteroatoms. The van der Waals surface area contributed by atoms with Crippen LogP contribution in [-0.2, 0) is 6.61 Å². The summed E-state index contributed by atoms with van der Waals surface area (Å²) in [7, 11) is -1.68. The zero-order valence-corrected chi connectivity index (χ0v) is 12.5. The molecule has 2 aromatic carbocycles. The van der Waals surface area contributed by atoms with Gasteiger partial charge in [-0.1, -0.05) is 23.7 Å². The molecular formula is C15H15BClFO3. The fourth-order valence-electron chi connectivity index (χ4n) is 1.99. The number of rotatable bonds is 4. The molecule has 0 aliphatic rings. The Morgan fingerprint density at radius 3 is 2.29 bits per heavy atom. The topological polar surface area (TPSA) is 49.7 Å². The van der Waals surface area contributed by atoms with Gasteiger partial charge in [-0.05, 0) is 48.6 Å². The Balaban J connectivity index is 2.13. The summed E-state index contributed by atoms with van der Waals surface area (Å²) in [5.41, 5.74) is 2.23. The van der Waals surface area contributed by atoms with Crippen LogP contribution in [0.5, 0.6) is 5.75 Å². The van der Waals surface area contributed by atoms with Gasteiger partial charge < -0.3 is 14.8 Å². The van der Waals surface area contributed by atoms with Crippen LogP contribution in [0.3, 0.4) is 0 Å². The van der Waals surface area contributed by atoms with Crippen LogP contribution in [0.1, 0.15) is 16.7 Å². The maximum atomic E-state index is 13.8. The highest BCUT2D eigenvalue weighted by Crippen LogP contribution is 2.26. The quantitative estimate of drug-likeness (QED) is 0.853. The molecule has 0 spiro atoms. The van der Waals surface area contributed by atoms with Crippen molar-refractivity contribution in [1.82, 2.24) is 0 Å². The van der Waals surface area contributed by atoms with Gasteiger partial charge in [-0.2, -0.15) is 0 Å². The van der Waals surface area contributed by atoms with E-state index in [1.807, 2.05) is 13.8 Å². The Kier molecular flexibility index (Phi) is 4.88. The lowest BCUT2D eigenvalue weighted by Crippen LogP contribution is -2.30. The van der Waals surface area contributed by atoms with E-state index in [1.54, 1.807) is 12.1 Å². The third-order valence-corrected chi connectivity index (χ3v) is 3.78. The highest BCUT2D eigenvalue weighted by atomic mass is 35.5. The number of hydrogen-bond acceptors (Lipinski definition) is 3. The minimum absolute atomic E-state index is 0.0498. The zero-order chi connectivity index (χ0) is 15.6. The normalized spacial score (nSPS) is 10.6. The molecule has 2 rings (SSSR count). The summed E-state index contributed by atoms with van der Waals surface area (Å²) >= 11 is 6.08. The van der Waals surface area contributed by atoms with Crippen LogP contribution in [0.4, 0.5) is 4.39 Å². The lowest BCUT2D eigenvalue weighted by atomic mass is 9.80. The average molecular weight is 309 g/mol. The van der Waals surface area contributed by atoms with Crippen LogP contribution in [0.2, 0.25) is 5.02 Å². The second-order valence-electron chi connectivity index (χ2n) is 4.88. The first-order valence-corrected chi connectivity index (χ1v) is 6.80. The van der Waals surface area contributed by atoms with E-state index < -0.39 is 12.9 Å². The molecule has 0 unspecified atom stereocenters. The maximum absolute atomic E-state index is 13.8. The molecule has 0 heterocycles. The number of aryl methyl sites for hydroxylation is 2. The molecule has 0 saturated carbocycles. The van der Waals surface area contributed by atoms with Crippen molar-refractivity contribution >= 4 is 24.2 Å². The molecule has 0 aliphatic heterocycles. The van der Waals surface area contributed by atoms with E-state index in [4.69, 9.17) is 26.4 Å². The number of ether oxygens (including phenoxy) is 1. The van der Waals surface area contributed by atoms with Crippen LogP contribution in [0.15, 0.2) is 30.3 Å². The van der Waals surface area contributed by atoms with Crippen molar-refractivity contribution in [3.8, 4) is 5.75 Å². The highest BCUT2D eigenvalue weighted by molar-refractivity contribution is 6.58. The van der Waals surface area contributed by atoms with Gasteiger partial charge in [0.1, 0.15) is 18.2 Å². The monoisotopic (exact) mass is 308 g/mol. The summed E-state index contributed by atoms with van der Waals surface area (Å²) in [6, 6.07) is 7.59. The minimum atomic E-state index is -1.68. The van der Waals surface area contributed by atoms with Gasteiger partial charge in [0.05, 0.1) is 0 Å². The van der Waals surface area contributed by atoms with Crippen LogP contribution >= 0.6 is 11.6 Å². The fraction of sp³-hybridized carbons (Fsp3) is 0.200. The van der Waals surface area contributed by atoms with E-state index in [0.29, 0.717) is 16.3 Å². The van der Waals surface area contributed by atoms with Crippen LogP contribution in [0, 0.1) is 19.7 Å². The summed E-state index contributed by atoms with van der Waals surface area (Å²) in [5.74, 6) is 0.0723. The van der Waals surface area contributed by atoms with Gasteiger partial charge in [-0.15, -0.1) is 0 Å². The van der Waals surface area contributed by atoms with Gasteiger partial charge in [0.15, 0.2) is 0 Å². The molecule has 0 bridgehead atoms. The maximum Gasteiger partial charge on any atom is 0.488 e. The second kappa shape index (κ2) is 6.47. The Morgan fingerprint density at radius 1 is 1.14 bits per heavy atom. The number of benzene rings is 2. The Hall–Kier alpha value is -1.56. The smallest absolute Gasteiger partial charge is 0.488 e. The van der Waals surface area contributed by atoms with Crippen molar-refractivity contribution in [3.05, 3.63) is 57.9 Å². The number of halogens is 2. The van der Waals surface area contributed by atoms with Crippen molar-refractivity contribution in [3.63, 3.8) is 0 Å². The molecule has 21 heavy (non-hydrogen) atoms. The largest absolute Gasteiger partial charge is 0.489 e. The van der Waals surface area contributed by atoms with Crippen molar-refractivity contribution in [2.75, 3.05) is 0 Å². The second-order valence-corrected chi connectivity index (χ2v) is 5.26. The summed E-state index contributed by atoms with van der Waals surface area (Å²) in [6.45, 7) is 3.80. The van der Waals surface area contributed by atoms with Gasteiger partial charge in [0.2, 0.25) is 0 Å². The van der Waals surface area contributed by atoms with Gasteiger partial charge in [-0.25, -0.2) is 4.39 Å². The van der Waals surface area contributed by atoms with E-state index in [9.17, 15) is 4.39 Å². The van der Waals surface area contributed by atoms with Gasteiger partial charge >= 0.3 is 7.12 Å². The molecule has 0 amide bonds. The first kappa shape index (κ1) is 15.8. The lowest BCUT2D eigenvalue weighted by molar-refractivity contribution is 0.299. The van der Waals surface area contributed by atoms with Gasteiger partial charge in [0, 0.05) is 10.6 Å². The highest BCUT2D eigenvalue weighted by Gasteiger charge is 2.14. The summed E-state index contributed by atoms with van der Waals surface area (Å²) < 4.78 is 19.4. The molecule has 0 atom stereocenters. The van der Waals surface area contributed by atoms with Crippen LogP contribution < -0.4 is 10.2 Å². The molecular weight excluding hydrogens is 293 g/mol. The molecule has 0 aromatic heterocycles. The van der Waals surface area contributed by atoms with Crippen molar-refractivity contribution in [2.45, 2.75) is 20.5 Å². The fourth-order valence-corrected chi connectivity index (χ4v) is 2.10. The van der Waals surface area contributed by atoms with Crippen molar-refractivity contribution < 1.29 is 19.2 Å². The summed E-state index contributed by atoms with van der Waals surface area (Å²) in [6.07, 6.45) is 0. The molecule has 2 N–H and O–H groups in total. The molecule has 0 radical (unpaired) electrons. The Morgan fingerprint density at radius 2 is 1.76 bits per heavy atom. The molecule has 0 fully saturated rings. The molecule has 3 nitrogen and oxygen atoms in total. The average Bonchev–Trinajstić information content (AvgIpc) is 2.43. The standard InChI is InChI=1S/C15H15BClFO3/c1-9-5-13(6-10(2)15(9)17)21-8-11-3-4-12(16(19)20)7-14(11)18/h3-7,19-20H,8H2,1-2H3. The van der Waals surface area contributed by atoms with E-state index >= 15 is 0 Å².